The molecular weight excluding hydrogens is 314 g/mol. The number of hydrogen-bond acceptors (Lipinski definition) is 3. The van der Waals surface area contributed by atoms with Crippen molar-refractivity contribution in [2.45, 2.75) is 33.4 Å². The van der Waals surface area contributed by atoms with E-state index in [1.165, 1.54) is 0 Å². The Balaban J connectivity index is 2.01. The number of aryl methyl sites for hydroxylation is 2. The minimum atomic E-state index is -0.0646. The van der Waals surface area contributed by atoms with Gasteiger partial charge in [0.05, 0.1) is 11.4 Å². The van der Waals surface area contributed by atoms with Gasteiger partial charge in [-0.25, -0.2) is 9.48 Å². The van der Waals surface area contributed by atoms with Gasteiger partial charge in [-0.05, 0) is 58.6 Å². The van der Waals surface area contributed by atoms with E-state index < -0.39 is 0 Å². The van der Waals surface area contributed by atoms with E-state index in [-0.39, 0.29) is 6.03 Å². The first-order chi connectivity index (χ1) is 11.8. The fourth-order valence-corrected chi connectivity index (χ4v) is 2.58. The summed E-state index contributed by atoms with van der Waals surface area (Å²) in [5.41, 5.74) is 4.18. The van der Waals surface area contributed by atoms with Crippen molar-refractivity contribution >= 4 is 6.03 Å². The highest BCUT2D eigenvalue weighted by Gasteiger charge is 2.12. The average Bonchev–Trinajstić information content (AvgIpc) is 2.90. The fourth-order valence-electron chi connectivity index (χ4n) is 2.58. The second-order valence-corrected chi connectivity index (χ2v) is 6.86. The number of benzene rings is 1. The van der Waals surface area contributed by atoms with Gasteiger partial charge in [0.15, 0.2) is 0 Å². The Morgan fingerprint density at radius 3 is 2.56 bits per heavy atom. The third kappa shape index (κ3) is 5.06. The zero-order chi connectivity index (χ0) is 18.6. The Morgan fingerprint density at radius 1 is 1.24 bits per heavy atom. The van der Waals surface area contributed by atoms with Crippen LogP contribution in [0.4, 0.5) is 4.79 Å². The van der Waals surface area contributed by atoms with Crippen molar-refractivity contribution in [2.24, 2.45) is 0 Å². The van der Waals surface area contributed by atoms with Crippen LogP contribution in [0.5, 0.6) is 0 Å². The van der Waals surface area contributed by atoms with E-state index in [1.54, 1.807) is 4.90 Å². The maximum atomic E-state index is 12.3. The molecule has 1 heterocycles. The van der Waals surface area contributed by atoms with Crippen LogP contribution in [0.1, 0.15) is 23.9 Å². The molecule has 1 atom stereocenters. The number of nitrogens with one attached hydrogen (secondary N) is 1. The summed E-state index contributed by atoms with van der Waals surface area (Å²) < 4.78 is 1.93. The monoisotopic (exact) mass is 343 g/mol. The summed E-state index contributed by atoms with van der Waals surface area (Å²) in [6.45, 7) is 7.29. The van der Waals surface area contributed by atoms with E-state index in [0.29, 0.717) is 19.1 Å². The van der Waals surface area contributed by atoms with E-state index in [4.69, 9.17) is 0 Å². The molecule has 25 heavy (non-hydrogen) atoms. The lowest BCUT2D eigenvalue weighted by Gasteiger charge is -2.23. The molecule has 0 saturated heterocycles. The van der Waals surface area contributed by atoms with Gasteiger partial charge >= 0.3 is 6.03 Å². The highest BCUT2D eigenvalue weighted by atomic mass is 16.2. The van der Waals surface area contributed by atoms with Crippen molar-refractivity contribution in [1.29, 1.82) is 0 Å². The molecule has 6 heteroatoms. The van der Waals surface area contributed by atoms with Crippen molar-refractivity contribution in [3.8, 4) is 5.69 Å². The zero-order valence-corrected chi connectivity index (χ0v) is 16.1. The number of rotatable bonds is 6. The van der Waals surface area contributed by atoms with Crippen LogP contribution in [-0.2, 0) is 6.54 Å². The number of hydrogen-bond donors (Lipinski definition) is 1. The van der Waals surface area contributed by atoms with E-state index in [1.807, 2.05) is 57.9 Å². The molecule has 1 unspecified atom stereocenters. The highest BCUT2D eigenvalue weighted by molar-refractivity contribution is 5.73. The Kier molecular flexibility index (Phi) is 6.20. The topological polar surface area (TPSA) is 53.4 Å². The lowest BCUT2D eigenvalue weighted by atomic mass is 10.2. The van der Waals surface area contributed by atoms with Crippen LogP contribution in [0, 0.1) is 13.8 Å². The van der Waals surface area contributed by atoms with Crippen LogP contribution >= 0.6 is 0 Å². The highest BCUT2D eigenvalue weighted by Crippen LogP contribution is 2.15. The Hall–Kier alpha value is -2.34. The van der Waals surface area contributed by atoms with Crippen molar-refractivity contribution < 1.29 is 4.79 Å². The lowest BCUT2D eigenvalue weighted by molar-refractivity contribution is 0.202. The van der Waals surface area contributed by atoms with Gasteiger partial charge in [-0.15, -0.1) is 0 Å². The number of likely N-dealkylation sites (N-methyl/N-ethyl adjacent to an activating group) is 1. The van der Waals surface area contributed by atoms with Crippen LogP contribution < -0.4 is 5.32 Å². The van der Waals surface area contributed by atoms with E-state index in [0.717, 1.165) is 22.6 Å². The lowest BCUT2D eigenvalue weighted by Crippen LogP contribution is -2.43. The molecule has 2 rings (SSSR count). The van der Waals surface area contributed by atoms with Gasteiger partial charge in [-0.1, -0.05) is 12.1 Å². The van der Waals surface area contributed by atoms with Crippen LogP contribution in [0.2, 0.25) is 0 Å². The molecule has 0 aliphatic carbocycles. The molecule has 0 aliphatic heterocycles. The molecule has 0 radical (unpaired) electrons. The third-order valence-corrected chi connectivity index (χ3v) is 4.36. The molecule has 0 bridgehead atoms. The van der Waals surface area contributed by atoms with E-state index in [9.17, 15) is 4.79 Å². The van der Waals surface area contributed by atoms with Crippen LogP contribution in [0.25, 0.3) is 5.69 Å². The van der Waals surface area contributed by atoms with E-state index in [2.05, 4.69) is 34.4 Å². The largest absolute Gasteiger partial charge is 0.336 e. The average molecular weight is 343 g/mol. The van der Waals surface area contributed by atoms with Crippen LogP contribution in [0.15, 0.2) is 30.3 Å². The molecule has 2 aromatic rings. The molecule has 1 N–H and O–H groups in total. The van der Waals surface area contributed by atoms with Gasteiger partial charge in [0.25, 0.3) is 0 Å². The summed E-state index contributed by atoms with van der Waals surface area (Å²) in [6.07, 6.45) is 0. The van der Waals surface area contributed by atoms with Crippen LogP contribution in [0.3, 0.4) is 0 Å². The zero-order valence-electron chi connectivity index (χ0n) is 16.1. The molecule has 1 aromatic carbocycles. The number of aromatic nitrogens is 2. The first-order valence-electron chi connectivity index (χ1n) is 8.56. The number of urea groups is 1. The van der Waals surface area contributed by atoms with Gasteiger partial charge in [0.2, 0.25) is 0 Å². The summed E-state index contributed by atoms with van der Waals surface area (Å²) in [5.74, 6) is 0. The fraction of sp³-hybridized carbons (Fsp3) is 0.474. The minimum absolute atomic E-state index is 0.0646. The molecule has 2 amide bonds. The smallest absolute Gasteiger partial charge is 0.317 e. The number of amides is 2. The maximum Gasteiger partial charge on any atom is 0.317 e. The van der Waals surface area contributed by atoms with Crippen LogP contribution in [-0.4, -0.2) is 59.3 Å². The molecule has 136 valence electrons. The maximum absolute atomic E-state index is 12.3. The molecule has 0 fully saturated rings. The van der Waals surface area contributed by atoms with Crippen molar-refractivity contribution in [2.75, 3.05) is 27.7 Å². The van der Waals surface area contributed by atoms with Gasteiger partial charge < -0.3 is 15.1 Å². The summed E-state index contributed by atoms with van der Waals surface area (Å²) in [4.78, 5) is 16.0. The first-order valence-corrected chi connectivity index (χ1v) is 8.56. The third-order valence-electron chi connectivity index (χ3n) is 4.36. The Bertz CT molecular complexity index is 722. The van der Waals surface area contributed by atoms with Crippen molar-refractivity contribution in [1.82, 2.24) is 24.9 Å². The van der Waals surface area contributed by atoms with Crippen molar-refractivity contribution in [3.63, 3.8) is 0 Å². The number of nitrogens with zero attached hydrogens (tertiary/aromatic N) is 4. The second-order valence-electron chi connectivity index (χ2n) is 6.86. The first kappa shape index (κ1) is 19.0. The number of carbonyl (C=O) groups excluding carboxylic acids is 1. The molecule has 6 nitrogen and oxygen atoms in total. The molecule has 0 saturated carbocycles. The molecule has 0 aliphatic rings. The Labute approximate surface area is 150 Å². The quantitative estimate of drug-likeness (QED) is 0.877. The van der Waals surface area contributed by atoms with E-state index >= 15 is 0 Å². The normalized spacial score (nSPS) is 12.3. The summed E-state index contributed by atoms with van der Waals surface area (Å²) in [5, 5.41) is 7.49. The van der Waals surface area contributed by atoms with Gasteiger partial charge in [0, 0.05) is 31.9 Å². The molecular formula is C19H29N5O. The minimum Gasteiger partial charge on any atom is -0.336 e. The SMILES string of the molecule is Cc1cc(C)n(-c2cccc(CN(C)C(=O)NCC(C)N(C)C)c2)n1. The molecule has 0 spiro atoms. The summed E-state index contributed by atoms with van der Waals surface area (Å²) in [7, 11) is 5.82. The van der Waals surface area contributed by atoms with Gasteiger partial charge in [0.1, 0.15) is 0 Å². The standard InChI is InChI=1S/C19H29N5O/c1-14-10-15(2)24(21-14)18-9-7-8-17(11-18)13-23(6)19(25)20-12-16(3)22(4)5/h7-11,16H,12-13H2,1-6H3,(H,20,25). The number of carbonyl (C=O) groups is 1. The Morgan fingerprint density at radius 2 is 1.96 bits per heavy atom. The van der Waals surface area contributed by atoms with Gasteiger partial charge in [-0.3, -0.25) is 0 Å². The van der Waals surface area contributed by atoms with Gasteiger partial charge in [-0.2, -0.15) is 5.10 Å². The summed E-state index contributed by atoms with van der Waals surface area (Å²) in [6, 6.07) is 10.4. The molecule has 1 aromatic heterocycles. The predicted octanol–water partition coefficient (Wildman–Crippen LogP) is 2.58. The second kappa shape index (κ2) is 8.16. The predicted molar refractivity (Wildman–Crippen MR) is 101 cm³/mol. The van der Waals surface area contributed by atoms with Crippen molar-refractivity contribution in [3.05, 3.63) is 47.3 Å². The summed E-state index contributed by atoms with van der Waals surface area (Å²) >= 11 is 0.